The van der Waals surface area contributed by atoms with E-state index in [9.17, 15) is 4.79 Å². The van der Waals surface area contributed by atoms with Crippen molar-refractivity contribution in [2.45, 2.75) is 18.9 Å². The van der Waals surface area contributed by atoms with Crippen molar-refractivity contribution in [2.75, 3.05) is 25.5 Å². The lowest BCUT2D eigenvalue weighted by Crippen LogP contribution is -2.42. The van der Waals surface area contributed by atoms with E-state index in [4.69, 9.17) is 9.26 Å². The van der Waals surface area contributed by atoms with E-state index in [-0.39, 0.29) is 17.7 Å². The second-order valence-electron chi connectivity index (χ2n) is 5.03. The minimum Gasteiger partial charge on any atom is -0.481 e. The molecule has 0 bridgehead atoms. The molecule has 22 heavy (non-hydrogen) atoms. The van der Waals surface area contributed by atoms with Gasteiger partial charge in [-0.2, -0.15) is 0 Å². The lowest BCUT2D eigenvalue weighted by Gasteiger charge is -2.32. The third-order valence-corrected chi connectivity index (χ3v) is 3.63. The zero-order valence-corrected chi connectivity index (χ0v) is 12.2. The maximum atomic E-state index is 12.1. The molecule has 3 heterocycles. The van der Waals surface area contributed by atoms with Crippen LogP contribution in [0.25, 0.3) is 0 Å². The third-order valence-electron chi connectivity index (χ3n) is 3.63. The average molecular weight is 303 g/mol. The van der Waals surface area contributed by atoms with Crippen LogP contribution in [0.4, 0.5) is 5.82 Å². The Hall–Kier alpha value is -2.64. The van der Waals surface area contributed by atoms with Gasteiger partial charge in [0.25, 0.3) is 5.91 Å². The minimum atomic E-state index is -0.111. The number of anilines is 1. The van der Waals surface area contributed by atoms with Gasteiger partial charge in [-0.3, -0.25) is 4.79 Å². The molecule has 0 aromatic carbocycles. The van der Waals surface area contributed by atoms with Crippen LogP contribution in [0.2, 0.25) is 0 Å². The summed E-state index contributed by atoms with van der Waals surface area (Å²) in [5.74, 6) is 1.42. The normalized spacial score (nSPS) is 15.6. The second-order valence-corrected chi connectivity index (χ2v) is 5.03. The van der Waals surface area contributed by atoms with Crippen LogP contribution in [0.1, 0.15) is 23.4 Å². The maximum Gasteiger partial charge on any atom is 0.292 e. The number of rotatable bonds is 4. The molecular weight excluding hydrogens is 286 g/mol. The summed E-state index contributed by atoms with van der Waals surface area (Å²) in [5.41, 5.74) is 0. The Morgan fingerprint density at radius 1 is 1.41 bits per heavy atom. The summed E-state index contributed by atoms with van der Waals surface area (Å²) in [6.45, 7) is 1.33. The lowest BCUT2D eigenvalue weighted by molar-refractivity contribution is 0.0676. The predicted molar refractivity (Wildman–Crippen MR) is 77.6 cm³/mol. The first-order valence-electron chi connectivity index (χ1n) is 7.09. The van der Waals surface area contributed by atoms with Gasteiger partial charge in [0.05, 0.1) is 13.3 Å². The number of piperidine rings is 1. The van der Waals surface area contributed by atoms with E-state index < -0.39 is 0 Å². The van der Waals surface area contributed by atoms with Crippen LogP contribution < -0.4 is 10.1 Å². The molecule has 1 aliphatic rings. The number of carbonyl (C=O) groups excluding carboxylic acids is 1. The summed E-state index contributed by atoms with van der Waals surface area (Å²) in [4.78, 5) is 22.1. The fourth-order valence-corrected chi connectivity index (χ4v) is 2.45. The van der Waals surface area contributed by atoms with Crippen LogP contribution >= 0.6 is 0 Å². The second kappa shape index (κ2) is 6.42. The number of amides is 1. The van der Waals surface area contributed by atoms with Crippen LogP contribution in [-0.2, 0) is 0 Å². The molecule has 3 rings (SSSR count). The number of ether oxygens (including phenoxy) is 1. The van der Waals surface area contributed by atoms with E-state index in [0.717, 1.165) is 18.7 Å². The van der Waals surface area contributed by atoms with Crippen LogP contribution in [-0.4, -0.2) is 52.2 Å². The van der Waals surface area contributed by atoms with Crippen molar-refractivity contribution in [1.82, 2.24) is 20.0 Å². The van der Waals surface area contributed by atoms with Gasteiger partial charge in [0.15, 0.2) is 0 Å². The van der Waals surface area contributed by atoms with Crippen LogP contribution in [0.15, 0.2) is 29.2 Å². The Bertz CT molecular complexity index is 623. The highest BCUT2D eigenvalue weighted by molar-refractivity contribution is 5.91. The molecule has 0 atom stereocenters. The number of aromatic nitrogens is 3. The molecule has 0 aliphatic carbocycles. The van der Waals surface area contributed by atoms with E-state index >= 15 is 0 Å². The van der Waals surface area contributed by atoms with Crippen molar-refractivity contribution in [3.8, 4) is 5.88 Å². The Morgan fingerprint density at radius 3 is 2.91 bits per heavy atom. The van der Waals surface area contributed by atoms with Crippen molar-refractivity contribution >= 4 is 11.7 Å². The lowest BCUT2D eigenvalue weighted by atomic mass is 10.0. The number of hydrogen-bond acceptors (Lipinski definition) is 7. The van der Waals surface area contributed by atoms with Crippen molar-refractivity contribution in [3.63, 3.8) is 0 Å². The molecule has 8 nitrogen and oxygen atoms in total. The van der Waals surface area contributed by atoms with Gasteiger partial charge in [-0.1, -0.05) is 5.16 Å². The quantitative estimate of drug-likeness (QED) is 0.906. The zero-order valence-electron chi connectivity index (χ0n) is 12.2. The zero-order chi connectivity index (χ0) is 15.4. The fourth-order valence-electron chi connectivity index (χ4n) is 2.45. The average Bonchev–Trinajstić information content (AvgIpc) is 3.09. The molecule has 0 radical (unpaired) electrons. The highest BCUT2D eigenvalue weighted by atomic mass is 16.5. The largest absolute Gasteiger partial charge is 0.481 e. The van der Waals surface area contributed by atoms with Gasteiger partial charge in [0.2, 0.25) is 11.6 Å². The van der Waals surface area contributed by atoms with Crippen LogP contribution in [0.3, 0.4) is 0 Å². The van der Waals surface area contributed by atoms with Crippen molar-refractivity contribution in [1.29, 1.82) is 0 Å². The Balaban J connectivity index is 1.54. The Morgan fingerprint density at radius 2 is 2.23 bits per heavy atom. The predicted octanol–water partition coefficient (Wildman–Crippen LogP) is 1.19. The third kappa shape index (κ3) is 3.16. The first kappa shape index (κ1) is 14.3. The van der Waals surface area contributed by atoms with Crippen molar-refractivity contribution in [3.05, 3.63) is 30.4 Å². The molecule has 2 aromatic rings. The van der Waals surface area contributed by atoms with Crippen molar-refractivity contribution in [2.24, 2.45) is 0 Å². The first-order valence-corrected chi connectivity index (χ1v) is 7.09. The molecular formula is C14H17N5O3. The molecule has 1 aliphatic heterocycles. The first-order chi connectivity index (χ1) is 10.8. The Labute approximate surface area is 127 Å². The molecule has 0 saturated carbocycles. The summed E-state index contributed by atoms with van der Waals surface area (Å²) < 4.78 is 9.98. The molecule has 8 heteroatoms. The number of nitrogens with one attached hydrogen (secondary N) is 1. The van der Waals surface area contributed by atoms with E-state index in [1.54, 1.807) is 24.1 Å². The fraction of sp³-hybridized carbons (Fsp3) is 0.429. The van der Waals surface area contributed by atoms with E-state index in [1.807, 2.05) is 0 Å². The molecule has 0 spiro atoms. The Kier molecular flexibility index (Phi) is 4.17. The SMILES string of the molecule is COc1cc(NC2CCN(C(=O)c3ccno3)CC2)ncn1. The van der Waals surface area contributed by atoms with Crippen molar-refractivity contribution < 1.29 is 14.1 Å². The summed E-state index contributed by atoms with van der Waals surface area (Å²) in [7, 11) is 1.57. The van der Waals surface area contributed by atoms with E-state index in [0.29, 0.717) is 19.0 Å². The smallest absolute Gasteiger partial charge is 0.292 e. The highest BCUT2D eigenvalue weighted by Crippen LogP contribution is 2.18. The molecule has 1 fully saturated rings. The number of hydrogen-bond donors (Lipinski definition) is 1. The number of nitrogens with zero attached hydrogens (tertiary/aromatic N) is 4. The monoisotopic (exact) mass is 303 g/mol. The standard InChI is InChI=1S/C14H17N5O3/c1-21-13-8-12(15-9-16-13)18-10-3-6-19(7-4-10)14(20)11-2-5-17-22-11/h2,5,8-10H,3-4,6-7H2,1H3,(H,15,16,18). The van der Waals surface area contributed by atoms with E-state index in [2.05, 4.69) is 20.4 Å². The summed E-state index contributed by atoms with van der Waals surface area (Å²) in [6.07, 6.45) is 4.62. The number of methoxy groups -OCH3 is 1. The molecule has 1 N–H and O–H groups in total. The summed E-state index contributed by atoms with van der Waals surface area (Å²) in [6, 6.07) is 3.60. The van der Waals surface area contributed by atoms with Gasteiger partial charge < -0.3 is 19.5 Å². The molecule has 1 amide bonds. The van der Waals surface area contributed by atoms with Crippen LogP contribution in [0.5, 0.6) is 5.88 Å². The van der Waals surface area contributed by atoms with Gasteiger partial charge in [0.1, 0.15) is 12.1 Å². The minimum absolute atomic E-state index is 0.111. The number of likely N-dealkylation sites (tertiary alicyclic amines) is 1. The molecule has 2 aromatic heterocycles. The topological polar surface area (TPSA) is 93.4 Å². The van der Waals surface area contributed by atoms with Gasteiger partial charge >= 0.3 is 0 Å². The molecule has 1 saturated heterocycles. The molecule has 0 unspecified atom stereocenters. The number of carbonyl (C=O) groups is 1. The maximum absolute atomic E-state index is 12.1. The summed E-state index contributed by atoms with van der Waals surface area (Å²) >= 11 is 0. The highest BCUT2D eigenvalue weighted by Gasteiger charge is 2.25. The van der Waals surface area contributed by atoms with Gasteiger partial charge in [0, 0.05) is 31.3 Å². The van der Waals surface area contributed by atoms with Gasteiger partial charge in [-0.15, -0.1) is 0 Å². The molecule has 116 valence electrons. The summed E-state index contributed by atoms with van der Waals surface area (Å²) in [5, 5.41) is 6.91. The van der Waals surface area contributed by atoms with Gasteiger partial charge in [-0.05, 0) is 12.8 Å². The van der Waals surface area contributed by atoms with E-state index in [1.165, 1.54) is 12.5 Å². The van der Waals surface area contributed by atoms with Gasteiger partial charge in [-0.25, -0.2) is 9.97 Å². The van der Waals surface area contributed by atoms with Crippen LogP contribution in [0, 0.1) is 0 Å².